The Morgan fingerprint density at radius 3 is 2.77 bits per heavy atom. The van der Waals surface area contributed by atoms with Crippen LogP contribution in [0.4, 0.5) is 0 Å². The largest absolute Gasteiger partial charge is 0.240 e. The van der Waals surface area contributed by atoms with Gasteiger partial charge in [-0.2, -0.15) is 0 Å². The summed E-state index contributed by atoms with van der Waals surface area (Å²) in [7, 11) is 0. The molecule has 0 radical (unpaired) electrons. The molecular formula is C10H11BrClN. The number of aryl methyl sites for hydroxylation is 1. The molecule has 0 saturated heterocycles. The number of hydrogen-bond acceptors (Lipinski definition) is 1. The quantitative estimate of drug-likeness (QED) is 0.649. The molecule has 13 heavy (non-hydrogen) atoms. The first kappa shape index (κ1) is 9.47. The van der Waals surface area contributed by atoms with Gasteiger partial charge in [-0.05, 0) is 59.7 Å². The third-order valence-electron chi connectivity index (χ3n) is 2.63. The predicted octanol–water partition coefficient (Wildman–Crippen LogP) is 3.68. The second-order valence-electron chi connectivity index (χ2n) is 3.47. The number of halogens is 2. The SMILES string of the molecule is Cc1c(Br)c(Cl)nc2c1CCCC2. The monoisotopic (exact) mass is 259 g/mol. The topological polar surface area (TPSA) is 12.9 Å². The maximum absolute atomic E-state index is 5.99. The zero-order chi connectivity index (χ0) is 9.42. The van der Waals surface area contributed by atoms with Gasteiger partial charge in [-0.3, -0.25) is 0 Å². The molecule has 1 nitrogen and oxygen atoms in total. The average molecular weight is 261 g/mol. The molecule has 0 bridgehead atoms. The number of nitrogens with zero attached hydrogens (tertiary/aromatic N) is 1. The molecule has 0 atom stereocenters. The molecule has 1 aliphatic rings. The van der Waals surface area contributed by atoms with Crippen LogP contribution in [-0.2, 0) is 12.8 Å². The van der Waals surface area contributed by atoms with E-state index in [4.69, 9.17) is 11.6 Å². The fraction of sp³-hybridized carbons (Fsp3) is 0.500. The van der Waals surface area contributed by atoms with Crippen LogP contribution in [-0.4, -0.2) is 4.98 Å². The van der Waals surface area contributed by atoms with Gasteiger partial charge in [0, 0.05) is 5.69 Å². The van der Waals surface area contributed by atoms with Crippen molar-refractivity contribution in [2.24, 2.45) is 0 Å². The van der Waals surface area contributed by atoms with Crippen molar-refractivity contribution in [1.29, 1.82) is 0 Å². The Balaban J connectivity index is 2.60. The molecular weight excluding hydrogens is 249 g/mol. The van der Waals surface area contributed by atoms with E-state index in [2.05, 4.69) is 27.8 Å². The molecule has 2 rings (SSSR count). The second kappa shape index (κ2) is 3.58. The van der Waals surface area contributed by atoms with Crippen molar-refractivity contribution in [2.45, 2.75) is 32.6 Å². The minimum Gasteiger partial charge on any atom is -0.240 e. The van der Waals surface area contributed by atoms with Crippen LogP contribution < -0.4 is 0 Å². The smallest absolute Gasteiger partial charge is 0.143 e. The second-order valence-corrected chi connectivity index (χ2v) is 4.62. The summed E-state index contributed by atoms with van der Waals surface area (Å²) in [6.45, 7) is 2.11. The highest BCUT2D eigenvalue weighted by molar-refractivity contribution is 9.10. The minimum atomic E-state index is 0.609. The van der Waals surface area contributed by atoms with E-state index in [-0.39, 0.29) is 0 Å². The third-order valence-corrected chi connectivity index (χ3v) is 4.11. The lowest BCUT2D eigenvalue weighted by Crippen LogP contribution is -2.08. The molecule has 0 aliphatic heterocycles. The molecule has 0 unspecified atom stereocenters. The Hall–Kier alpha value is -0.0800. The molecule has 1 aliphatic carbocycles. The maximum atomic E-state index is 5.99. The molecule has 0 fully saturated rings. The molecule has 0 N–H and O–H groups in total. The fourth-order valence-corrected chi connectivity index (χ4v) is 2.44. The van der Waals surface area contributed by atoms with Gasteiger partial charge in [0.05, 0.1) is 4.47 Å². The summed E-state index contributed by atoms with van der Waals surface area (Å²) in [5.74, 6) is 0. The van der Waals surface area contributed by atoms with Crippen LogP contribution in [0.2, 0.25) is 5.15 Å². The van der Waals surface area contributed by atoms with Crippen molar-refractivity contribution in [3.63, 3.8) is 0 Å². The van der Waals surface area contributed by atoms with Crippen molar-refractivity contribution >= 4 is 27.5 Å². The van der Waals surface area contributed by atoms with Crippen LogP contribution in [0.5, 0.6) is 0 Å². The average Bonchev–Trinajstić information content (AvgIpc) is 2.15. The lowest BCUT2D eigenvalue weighted by molar-refractivity contribution is 0.663. The van der Waals surface area contributed by atoms with Gasteiger partial charge in [0.2, 0.25) is 0 Å². The molecule has 0 spiro atoms. The van der Waals surface area contributed by atoms with Crippen molar-refractivity contribution in [2.75, 3.05) is 0 Å². The normalized spacial score (nSPS) is 15.6. The van der Waals surface area contributed by atoms with E-state index in [1.54, 1.807) is 0 Å². The third kappa shape index (κ3) is 1.62. The first-order chi connectivity index (χ1) is 6.20. The Labute approximate surface area is 91.6 Å². The first-order valence-corrected chi connectivity index (χ1v) is 5.70. The maximum Gasteiger partial charge on any atom is 0.143 e. The Bertz CT molecular complexity index is 349. The van der Waals surface area contributed by atoms with Gasteiger partial charge in [-0.25, -0.2) is 4.98 Å². The molecule has 0 amide bonds. The van der Waals surface area contributed by atoms with E-state index in [0.29, 0.717) is 5.15 Å². The van der Waals surface area contributed by atoms with E-state index in [9.17, 15) is 0 Å². The molecule has 0 saturated carbocycles. The Morgan fingerprint density at radius 1 is 1.31 bits per heavy atom. The zero-order valence-electron chi connectivity index (χ0n) is 7.53. The van der Waals surface area contributed by atoms with Crippen LogP contribution in [0.3, 0.4) is 0 Å². The molecule has 1 heterocycles. The van der Waals surface area contributed by atoms with Gasteiger partial charge in [0.15, 0.2) is 0 Å². The van der Waals surface area contributed by atoms with E-state index >= 15 is 0 Å². The van der Waals surface area contributed by atoms with Crippen molar-refractivity contribution < 1.29 is 0 Å². The van der Waals surface area contributed by atoms with Crippen LogP contribution in [0.25, 0.3) is 0 Å². The first-order valence-electron chi connectivity index (χ1n) is 4.53. The van der Waals surface area contributed by atoms with Crippen molar-refractivity contribution in [3.8, 4) is 0 Å². The van der Waals surface area contributed by atoms with Crippen molar-refractivity contribution in [1.82, 2.24) is 4.98 Å². The van der Waals surface area contributed by atoms with E-state index < -0.39 is 0 Å². The summed E-state index contributed by atoms with van der Waals surface area (Å²) in [4.78, 5) is 4.39. The number of rotatable bonds is 0. The summed E-state index contributed by atoms with van der Waals surface area (Å²) in [6, 6.07) is 0. The molecule has 1 aromatic rings. The van der Waals surface area contributed by atoms with E-state index in [1.807, 2.05) is 0 Å². The van der Waals surface area contributed by atoms with Gasteiger partial charge in [-0.15, -0.1) is 0 Å². The van der Waals surface area contributed by atoms with Gasteiger partial charge < -0.3 is 0 Å². The lowest BCUT2D eigenvalue weighted by Gasteiger charge is -2.18. The van der Waals surface area contributed by atoms with E-state index in [1.165, 1.54) is 29.7 Å². The van der Waals surface area contributed by atoms with Crippen LogP contribution in [0, 0.1) is 6.92 Å². The van der Waals surface area contributed by atoms with Gasteiger partial charge >= 0.3 is 0 Å². The highest BCUT2D eigenvalue weighted by Gasteiger charge is 2.16. The van der Waals surface area contributed by atoms with Gasteiger partial charge in [-0.1, -0.05) is 11.6 Å². The van der Waals surface area contributed by atoms with Crippen LogP contribution >= 0.6 is 27.5 Å². The van der Waals surface area contributed by atoms with Crippen LogP contribution in [0.15, 0.2) is 4.47 Å². The number of pyridine rings is 1. The standard InChI is InChI=1S/C10H11BrClN/c1-6-7-4-2-3-5-8(7)13-10(12)9(6)11/h2-5H2,1H3. The van der Waals surface area contributed by atoms with Gasteiger partial charge in [0.1, 0.15) is 5.15 Å². The fourth-order valence-electron chi connectivity index (χ4n) is 1.87. The molecule has 0 aromatic carbocycles. The highest BCUT2D eigenvalue weighted by atomic mass is 79.9. The summed E-state index contributed by atoms with van der Waals surface area (Å²) in [5.41, 5.74) is 3.88. The van der Waals surface area contributed by atoms with Crippen molar-refractivity contribution in [3.05, 3.63) is 26.4 Å². The summed E-state index contributed by atoms with van der Waals surface area (Å²) >= 11 is 9.46. The summed E-state index contributed by atoms with van der Waals surface area (Å²) < 4.78 is 0.967. The summed E-state index contributed by atoms with van der Waals surface area (Å²) in [6.07, 6.45) is 4.77. The van der Waals surface area contributed by atoms with Crippen LogP contribution in [0.1, 0.15) is 29.7 Å². The molecule has 70 valence electrons. The Morgan fingerprint density at radius 2 is 2.00 bits per heavy atom. The van der Waals surface area contributed by atoms with Gasteiger partial charge in [0.25, 0.3) is 0 Å². The zero-order valence-corrected chi connectivity index (χ0v) is 9.87. The lowest BCUT2D eigenvalue weighted by atomic mass is 9.93. The number of fused-ring (bicyclic) bond motifs is 1. The molecule has 1 aromatic heterocycles. The number of hydrogen-bond donors (Lipinski definition) is 0. The minimum absolute atomic E-state index is 0.609. The Kier molecular flexibility index (Phi) is 2.61. The summed E-state index contributed by atoms with van der Waals surface area (Å²) in [5, 5.41) is 0.609. The number of aromatic nitrogens is 1. The van der Waals surface area contributed by atoms with E-state index in [0.717, 1.165) is 17.3 Å². The predicted molar refractivity (Wildman–Crippen MR) is 58.3 cm³/mol. The highest BCUT2D eigenvalue weighted by Crippen LogP contribution is 2.32. The molecule has 3 heteroatoms.